The smallest absolute Gasteiger partial charge is 0.173 e. The summed E-state index contributed by atoms with van der Waals surface area (Å²) in [6.45, 7) is 3.89. The average Bonchev–Trinajstić information content (AvgIpc) is 2.45. The van der Waals surface area contributed by atoms with Crippen LogP contribution in [-0.2, 0) is 0 Å². The normalized spacial score (nSPS) is 10.7. The van der Waals surface area contributed by atoms with Gasteiger partial charge in [-0.05, 0) is 29.0 Å². The fraction of sp³-hybridized carbons (Fsp3) is 0.222. The highest BCUT2D eigenvalue weighted by Gasteiger charge is 2.11. The molecular formula is C18H18F2. The molecule has 2 aromatic carbocycles. The lowest BCUT2D eigenvalue weighted by Gasteiger charge is -2.10. The monoisotopic (exact) mass is 272 g/mol. The van der Waals surface area contributed by atoms with Gasteiger partial charge in [0, 0.05) is 5.57 Å². The maximum atomic E-state index is 13.0. The fourth-order valence-electron chi connectivity index (χ4n) is 2.21. The predicted molar refractivity (Wildman–Crippen MR) is 80.5 cm³/mol. The molecule has 0 aliphatic carbocycles. The Morgan fingerprint density at radius 2 is 1.40 bits per heavy atom. The van der Waals surface area contributed by atoms with Crippen LogP contribution < -0.4 is 0 Å². The van der Waals surface area contributed by atoms with Crippen LogP contribution in [0.4, 0.5) is 8.78 Å². The van der Waals surface area contributed by atoms with Gasteiger partial charge in [-0.3, -0.25) is 0 Å². The molecule has 0 saturated heterocycles. The van der Waals surface area contributed by atoms with Crippen molar-refractivity contribution < 1.29 is 8.78 Å². The third-order valence-electron chi connectivity index (χ3n) is 3.18. The Bertz CT molecular complexity index is 577. The van der Waals surface area contributed by atoms with Gasteiger partial charge < -0.3 is 0 Å². The van der Waals surface area contributed by atoms with Crippen molar-refractivity contribution in [3.8, 4) is 11.1 Å². The fourth-order valence-corrected chi connectivity index (χ4v) is 2.21. The van der Waals surface area contributed by atoms with Crippen LogP contribution in [0.5, 0.6) is 0 Å². The second kappa shape index (κ2) is 6.47. The topological polar surface area (TPSA) is 0 Å². The van der Waals surface area contributed by atoms with E-state index in [9.17, 15) is 8.78 Å². The first kappa shape index (κ1) is 14.4. The molecule has 2 aromatic rings. The molecule has 2 rings (SSSR count). The summed E-state index contributed by atoms with van der Waals surface area (Å²) in [7, 11) is 0. The standard InChI is InChI=1S/C18H18F2/c1-13(2)12-17(18(19)20)16-10-8-15(9-11-16)14-6-4-3-5-7-14/h3-11,13H,12H2,1-2H3. The number of halogens is 2. The Kier molecular flexibility index (Phi) is 4.67. The zero-order chi connectivity index (χ0) is 14.5. The van der Waals surface area contributed by atoms with Gasteiger partial charge in [0.2, 0.25) is 0 Å². The Balaban J connectivity index is 2.30. The van der Waals surface area contributed by atoms with Gasteiger partial charge in [-0.25, -0.2) is 0 Å². The highest BCUT2D eigenvalue weighted by atomic mass is 19.3. The number of rotatable bonds is 4. The summed E-state index contributed by atoms with van der Waals surface area (Å²) in [5.41, 5.74) is 2.89. The summed E-state index contributed by atoms with van der Waals surface area (Å²) in [5, 5.41) is 0. The van der Waals surface area contributed by atoms with E-state index in [2.05, 4.69) is 0 Å². The summed E-state index contributed by atoms with van der Waals surface area (Å²) in [6.07, 6.45) is -1.18. The molecule has 0 nitrogen and oxygen atoms in total. The zero-order valence-electron chi connectivity index (χ0n) is 11.7. The molecule has 0 radical (unpaired) electrons. The van der Waals surface area contributed by atoms with E-state index in [1.165, 1.54) is 0 Å². The first-order chi connectivity index (χ1) is 9.58. The lowest BCUT2D eigenvalue weighted by Crippen LogP contribution is -1.93. The predicted octanol–water partition coefficient (Wildman–Crippen LogP) is 6.01. The summed E-state index contributed by atoms with van der Waals surface area (Å²) in [6, 6.07) is 17.3. The zero-order valence-corrected chi connectivity index (χ0v) is 11.7. The highest BCUT2D eigenvalue weighted by Crippen LogP contribution is 2.29. The Labute approximate surface area is 118 Å². The van der Waals surface area contributed by atoms with Crippen molar-refractivity contribution in [1.29, 1.82) is 0 Å². The van der Waals surface area contributed by atoms with E-state index in [1.807, 2.05) is 56.3 Å². The second-order valence-corrected chi connectivity index (χ2v) is 5.28. The van der Waals surface area contributed by atoms with Crippen LogP contribution in [-0.4, -0.2) is 0 Å². The van der Waals surface area contributed by atoms with E-state index in [-0.39, 0.29) is 11.5 Å². The van der Waals surface area contributed by atoms with Crippen LogP contribution in [0.2, 0.25) is 0 Å². The minimum absolute atomic E-state index is 0.152. The van der Waals surface area contributed by atoms with Gasteiger partial charge in [0.05, 0.1) is 0 Å². The molecule has 0 aliphatic rings. The van der Waals surface area contributed by atoms with Crippen molar-refractivity contribution in [2.24, 2.45) is 5.92 Å². The van der Waals surface area contributed by atoms with Gasteiger partial charge in [0.15, 0.2) is 0 Å². The average molecular weight is 272 g/mol. The number of allylic oxidation sites excluding steroid dienone is 1. The molecule has 104 valence electrons. The lowest BCUT2D eigenvalue weighted by atomic mass is 9.95. The third-order valence-corrected chi connectivity index (χ3v) is 3.18. The maximum absolute atomic E-state index is 13.0. The summed E-state index contributed by atoms with van der Waals surface area (Å²) in [4.78, 5) is 0. The molecule has 0 N–H and O–H groups in total. The van der Waals surface area contributed by atoms with Crippen LogP contribution in [0.3, 0.4) is 0 Å². The van der Waals surface area contributed by atoms with Gasteiger partial charge in [0.25, 0.3) is 6.08 Å². The quantitative estimate of drug-likeness (QED) is 0.639. The molecule has 0 aromatic heterocycles. The summed E-state index contributed by atoms with van der Waals surface area (Å²) in [5.74, 6) is 0.209. The van der Waals surface area contributed by atoms with Crippen molar-refractivity contribution in [3.63, 3.8) is 0 Å². The Morgan fingerprint density at radius 1 is 0.850 bits per heavy atom. The number of benzene rings is 2. The van der Waals surface area contributed by atoms with Crippen molar-refractivity contribution in [2.75, 3.05) is 0 Å². The van der Waals surface area contributed by atoms with E-state index >= 15 is 0 Å². The molecule has 0 bridgehead atoms. The van der Waals surface area contributed by atoms with Crippen molar-refractivity contribution in [2.45, 2.75) is 20.3 Å². The SMILES string of the molecule is CC(C)CC(=C(F)F)c1ccc(-c2ccccc2)cc1. The Hall–Kier alpha value is -1.96. The molecule has 2 heteroatoms. The second-order valence-electron chi connectivity index (χ2n) is 5.28. The van der Waals surface area contributed by atoms with Crippen molar-refractivity contribution in [3.05, 3.63) is 66.2 Å². The molecule has 0 heterocycles. The van der Waals surface area contributed by atoms with E-state index < -0.39 is 6.08 Å². The van der Waals surface area contributed by atoms with E-state index in [1.54, 1.807) is 12.1 Å². The molecule has 0 unspecified atom stereocenters. The molecule has 0 saturated carbocycles. The number of hydrogen-bond donors (Lipinski definition) is 0. The molecular weight excluding hydrogens is 254 g/mol. The minimum Gasteiger partial charge on any atom is -0.173 e. The molecule has 0 atom stereocenters. The van der Waals surface area contributed by atoms with Crippen LogP contribution in [0, 0.1) is 5.92 Å². The van der Waals surface area contributed by atoms with Gasteiger partial charge in [0.1, 0.15) is 0 Å². The van der Waals surface area contributed by atoms with Gasteiger partial charge in [-0.2, -0.15) is 8.78 Å². The maximum Gasteiger partial charge on any atom is 0.274 e. The van der Waals surface area contributed by atoms with Gasteiger partial charge in [-0.15, -0.1) is 0 Å². The number of hydrogen-bond acceptors (Lipinski definition) is 0. The van der Waals surface area contributed by atoms with Crippen LogP contribution >= 0.6 is 0 Å². The first-order valence-electron chi connectivity index (χ1n) is 6.78. The van der Waals surface area contributed by atoms with Crippen molar-refractivity contribution >= 4 is 5.57 Å². The van der Waals surface area contributed by atoms with E-state index in [0.29, 0.717) is 12.0 Å². The molecule has 20 heavy (non-hydrogen) atoms. The molecule has 0 aliphatic heterocycles. The van der Waals surface area contributed by atoms with Crippen LogP contribution in [0.1, 0.15) is 25.8 Å². The lowest BCUT2D eigenvalue weighted by molar-refractivity contribution is 0.420. The Morgan fingerprint density at radius 3 is 1.90 bits per heavy atom. The van der Waals surface area contributed by atoms with Gasteiger partial charge >= 0.3 is 0 Å². The van der Waals surface area contributed by atoms with Crippen LogP contribution in [0.15, 0.2) is 60.7 Å². The van der Waals surface area contributed by atoms with E-state index in [4.69, 9.17) is 0 Å². The molecule has 0 spiro atoms. The first-order valence-corrected chi connectivity index (χ1v) is 6.78. The third kappa shape index (κ3) is 3.53. The molecule has 0 amide bonds. The van der Waals surface area contributed by atoms with E-state index in [0.717, 1.165) is 11.1 Å². The highest BCUT2D eigenvalue weighted by molar-refractivity contribution is 5.70. The van der Waals surface area contributed by atoms with Crippen molar-refractivity contribution in [1.82, 2.24) is 0 Å². The van der Waals surface area contributed by atoms with Gasteiger partial charge in [-0.1, -0.05) is 68.4 Å². The summed E-state index contributed by atoms with van der Waals surface area (Å²) >= 11 is 0. The largest absolute Gasteiger partial charge is 0.274 e. The summed E-state index contributed by atoms with van der Waals surface area (Å²) < 4.78 is 26.1. The molecule has 0 fully saturated rings. The minimum atomic E-state index is -1.58. The van der Waals surface area contributed by atoms with Crippen LogP contribution in [0.25, 0.3) is 16.7 Å².